The summed E-state index contributed by atoms with van der Waals surface area (Å²) in [6.07, 6.45) is 9.72. The molecule has 11 heteroatoms. The summed E-state index contributed by atoms with van der Waals surface area (Å²) in [7, 11) is 0. The monoisotopic (exact) mass is 450 g/mol. The van der Waals surface area contributed by atoms with Gasteiger partial charge in [0.2, 0.25) is 11.9 Å². The van der Waals surface area contributed by atoms with Gasteiger partial charge in [0.15, 0.2) is 0 Å². The second-order valence-corrected chi connectivity index (χ2v) is 8.68. The van der Waals surface area contributed by atoms with Crippen LogP contribution in [0.1, 0.15) is 49.2 Å². The van der Waals surface area contributed by atoms with Crippen LogP contribution >= 0.6 is 0 Å². The van der Waals surface area contributed by atoms with Gasteiger partial charge in [0.1, 0.15) is 0 Å². The summed E-state index contributed by atoms with van der Waals surface area (Å²) in [6.45, 7) is 5.46. The Morgan fingerprint density at radius 1 is 1.24 bits per heavy atom. The highest BCUT2D eigenvalue weighted by Crippen LogP contribution is 2.27. The average molecular weight is 451 g/mol. The van der Waals surface area contributed by atoms with Crippen LogP contribution in [0.25, 0.3) is 5.69 Å². The van der Waals surface area contributed by atoms with E-state index < -0.39 is 11.4 Å². The second-order valence-electron chi connectivity index (χ2n) is 8.68. The number of carbonyl (C=O) groups is 2. The lowest BCUT2D eigenvalue weighted by molar-refractivity contribution is -0.122. The Labute approximate surface area is 190 Å². The van der Waals surface area contributed by atoms with E-state index in [0.29, 0.717) is 36.7 Å². The molecule has 4 rings (SSSR count). The van der Waals surface area contributed by atoms with E-state index in [-0.39, 0.29) is 17.5 Å². The first-order chi connectivity index (χ1) is 15.8. The molecule has 33 heavy (non-hydrogen) atoms. The molecule has 1 atom stereocenters. The van der Waals surface area contributed by atoms with Crippen molar-refractivity contribution in [1.29, 1.82) is 0 Å². The number of carboxylic acids is 1. The number of amides is 1. The SMILES string of the molecule is CC(C)(CCC(=O)NC1CCN(c2ncccn2)C1)c1cn(-c2cnccc2C(=O)O)nn1. The van der Waals surface area contributed by atoms with Crippen LogP contribution in [0.15, 0.2) is 43.1 Å². The highest BCUT2D eigenvalue weighted by Gasteiger charge is 2.28. The summed E-state index contributed by atoms with van der Waals surface area (Å²) in [6, 6.07) is 3.26. The number of hydrogen-bond donors (Lipinski definition) is 2. The van der Waals surface area contributed by atoms with E-state index in [1.165, 1.54) is 23.1 Å². The van der Waals surface area contributed by atoms with Crippen molar-refractivity contribution in [3.05, 3.63) is 54.4 Å². The van der Waals surface area contributed by atoms with Crippen LogP contribution in [0.3, 0.4) is 0 Å². The van der Waals surface area contributed by atoms with Crippen molar-refractivity contribution in [3.63, 3.8) is 0 Å². The first-order valence-corrected chi connectivity index (χ1v) is 10.8. The molecule has 1 aliphatic heterocycles. The van der Waals surface area contributed by atoms with E-state index in [0.717, 1.165) is 13.0 Å². The highest BCUT2D eigenvalue weighted by molar-refractivity contribution is 5.91. The molecule has 3 aromatic rings. The van der Waals surface area contributed by atoms with Gasteiger partial charge < -0.3 is 15.3 Å². The molecular formula is C22H26N8O3. The largest absolute Gasteiger partial charge is 0.478 e. The summed E-state index contributed by atoms with van der Waals surface area (Å²) in [5.41, 5.74) is 0.667. The fourth-order valence-corrected chi connectivity index (χ4v) is 3.81. The minimum atomic E-state index is -1.07. The van der Waals surface area contributed by atoms with Crippen molar-refractivity contribution >= 4 is 17.8 Å². The number of aromatic nitrogens is 6. The van der Waals surface area contributed by atoms with Crippen molar-refractivity contribution < 1.29 is 14.7 Å². The quantitative estimate of drug-likeness (QED) is 0.524. The van der Waals surface area contributed by atoms with E-state index in [9.17, 15) is 14.7 Å². The molecular weight excluding hydrogens is 424 g/mol. The first kappa shape index (κ1) is 22.3. The minimum absolute atomic E-state index is 0.0169. The molecule has 1 aliphatic rings. The van der Waals surface area contributed by atoms with Crippen LogP contribution in [-0.2, 0) is 10.2 Å². The predicted octanol–water partition coefficient (Wildman–Crippen LogP) is 1.60. The lowest BCUT2D eigenvalue weighted by Gasteiger charge is -2.22. The third-order valence-corrected chi connectivity index (χ3v) is 5.83. The standard InChI is InChI=1S/C22H26N8O3/c1-22(2,18-14-30(28-27-18)17-12-23-10-5-16(17)20(32)33)7-4-19(31)26-15-6-11-29(13-15)21-24-8-3-9-25-21/h3,5,8-10,12,14-15H,4,6-7,11,13H2,1-2H3,(H,26,31)(H,32,33). The third kappa shape index (κ3) is 5.13. The highest BCUT2D eigenvalue weighted by atomic mass is 16.4. The van der Waals surface area contributed by atoms with Gasteiger partial charge >= 0.3 is 5.97 Å². The second kappa shape index (κ2) is 9.31. The van der Waals surface area contributed by atoms with Crippen molar-refractivity contribution in [2.45, 2.75) is 44.6 Å². The van der Waals surface area contributed by atoms with E-state index in [2.05, 4.69) is 35.5 Å². The Morgan fingerprint density at radius 3 is 2.79 bits per heavy atom. The maximum absolute atomic E-state index is 12.6. The summed E-state index contributed by atoms with van der Waals surface area (Å²) in [5, 5.41) is 20.8. The van der Waals surface area contributed by atoms with Gasteiger partial charge in [-0.25, -0.2) is 19.4 Å². The Bertz CT molecular complexity index is 1130. The van der Waals surface area contributed by atoms with Gasteiger partial charge in [0.25, 0.3) is 0 Å². The number of hydrogen-bond acceptors (Lipinski definition) is 8. The maximum atomic E-state index is 12.6. The summed E-state index contributed by atoms with van der Waals surface area (Å²) >= 11 is 0. The van der Waals surface area contributed by atoms with E-state index in [4.69, 9.17) is 0 Å². The molecule has 0 aromatic carbocycles. The number of carbonyl (C=O) groups excluding carboxylic acids is 1. The number of nitrogens with zero attached hydrogens (tertiary/aromatic N) is 7. The fourth-order valence-electron chi connectivity index (χ4n) is 3.81. The Morgan fingerprint density at radius 2 is 2.03 bits per heavy atom. The Kier molecular flexibility index (Phi) is 6.29. The Hall–Kier alpha value is -3.89. The molecule has 0 radical (unpaired) electrons. The third-order valence-electron chi connectivity index (χ3n) is 5.83. The molecule has 2 N–H and O–H groups in total. The van der Waals surface area contributed by atoms with Crippen LogP contribution in [-0.4, -0.2) is 66.1 Å². The van der Waals surface area contributed by atoms with E-state index in [1.54, 1.807) is 24.7 Å². The smallest absolute Gasteiger partial charge is 0.338 e. The van der Waals surface area contributed by atoms with Crippen molar-refractivity contribution in [3.8, 4) is 5.69 Å². The summed E-state index contributed by atoms with van der Waals surface area (Å²) < 4.78 is 1.41. The van der Waals surface area contributed by atoms with Gasteiger partial charge in [-0.05, 0) is 25.0 Å². The van der Waals surface area contributed by atoms with Gasteiger partial charge in [-0.3, -0.25) is 9.78 Å². The van der Waals surface area contributed by atoms with E-state index >= 15 is 0 Å². The van der Waals surface area contributed by atoms with Crippen LogP contribution in [0.4, 0.5) is 5.95 Å². The number of aromatic carboxylic acids is 1. The molecule has 1 amide bonds. The van der Waals surface area contributed by atoms with Crippen LogP contribution in [0.5, 0.6) is 0 Å². The fraction of sp³-hybridized carbons (Fsp3) is 0.409. The minimum Gasteiger partial charge on any atom is -0.478 e. The van der Waals surface area contributed by atoms with Gasteiger partial charge in [0, 0.05) is 49.6 Å². The zero-order valence-corrected chi connectivity index (χ0v) is 18.5. The lowest BCUT2D eigenvalue weighted by Crippen LogP contribution is -2.38. The molecule has 0 saturated carbocycles. The predicted molar refractivity (Wildman–Crippen MR) is 119 cm³/mol. The Balaban J connectivity index is 1.33. The van der Waals surface area contributed by atoms with Crippen molar-refractivity contribution in [2.24, 2.45) is 0 Å². The van der Waals surface area contributed by atoms with E-state index in [1.807, 2.05) is 13.8 Å². The lowest BCUT2D eigenvalue weighted by atomic mass is 9.84. The van der Waals surface area contributed by atoms with Gasteiger partial charge in [0.05, 0.1) is 29.3 Å². The molecule has 0 spiro atoms. The molecule has 172 valence electrons. The van der Waals surface area contributed by atoms with Crippen LogP contribution in [0.2, 0.25) is 0 Å². The first-order valence-electron chi connectivity index (χ1n) is 10.8. The zero-order valence-electron chi connectivity index (χ0n) is 18.5. The van der Waals surface area contributed by atoms with Crippen molar-refractivity contribution in [1.82, 2.24) is 35.3 Å². The van der Waals surface area contributed by atoms with Gasteiger partial charge in [-0.1, -0.05) is 19.1 Å². The number of anilines is 1. The molecule has 3 aromatic heterocycles. The van der Waals surface area contributed by atoms with Gasteiger partial charge in [-0.2, -0.15) is 0 Å². The summed E-state index contributed by atoms with van der Waals surface area (Å²) in [5.74, 6) is -0.403. The van der Waals surface area contributed by atoms with Crippen LogP contribution < -0.4 is 10.2 Å². The van der Waals surface area contributed by atoms with Gasteiger partial charge in [-0.15, -0.1) is 5.10 Å². The molecule has 11 nitrogen and oxygen atoms in total. The summed E-state index contributed by atoms with van der Waals surface area (Å²) in [4.78, 5) is 38.7. The molecule has 4 heterocycles. The number of nitrogens with one attached hydrogen (secondary N) is 1. The normalized spacial score (nSPS) is 16.1. The molecule has 1 unspecified atom stereocenters. The molecule has 1 saturated heterocycles. The van der Waals surface area contributed by atoms with Crippen LogP contribution in [0, 0.1) is 0 Å². The van der Waals surface area contributed by atoms with Crippen molar-refractivity contribution in [2.75, 3.05) is 18.0 Å². The zero-order chi connectivity index (χ0) is 23.4. The topological polar surface area (TPSA) is 139 Å². The molecule has 1 fully saturated rings. The molecule has 0 bridgehead atoms. The maximum Gasteiger partial charge on any atom is 0.338 e. The molecule has 0 aliphatic carbocycles. The number of carboxylic acid groups (broad SMARTS) is 1. The number of pyridine rings is 1. The number of rotatable bonds is 8. The average Bonchev–Trinajstić information content (AvgIpc) is 3.49.